The number of carbonyl (C=O) groups is 2. The molecular weight excluding hydrogens is 332 g/mol. The smallest absolute Gasteiger partial charge is 0.143 e. The van der Waals surface area contributed by atoms with E-state index in [1.165, 1.54) is 0 Å². The highest BCUT2D eigenvalue weighted by atomic mass is 35.5. The maximum absolute atomic E-state index is 12.0. The average molecular weight is 355 g/mol. The summed E-state index contributed by atoms with van der Waals surface area (Å²) in [6.45, 7) is 3.62. The molecule has 0 aliphatic rings. The van der Waals surface area contributed by atoms with Crippen LogP contribution in [-0.4, -0.2) is 11.6 Å². The molecule has 130 valence electrons. The van der Waals surface area contributed by atoms with E-state index < -0.39 is 5.92 Å². The Bertz CT molecular complexity index is 727. The predicted octanol–water partition coefficient (Wildman–Crippen LogP) is 5.63. The fourth-order valence-corrected chi connectivity index (χ4v) is 2.79. The van der Waals surface area contributed by atoms with Crippen molar-refractivity contribution in [2.24, 2.45) is 5.92 Å². The van der Waals surface area contributed by atoms with Gasteiger partial charge in [-0.25, -0.2) is 0 Å². The molecule has 0 saturated heterocycles. The van der Waals surface area contributed by atoms with Gasteiger partial charge in [-0.2, -0.15) is 0 Å². The van der Waals surface area contributed by atoms with Gasteiger partial charge in [0.2, 0.25) is 0 Å². The number of hydrogen-bond donors (Lipinski definition) is 0. The Hall–Kier alpha value is -2.19. The van der Waals surface area contributed by atoms with E-state index >= 15 is 0 Å². The molecule has 3 heteroatoms. The van der Waals surface area contributed by atoms with Crippen molar-refractivity contribution < 1.29 is 9.59 Å². The lowest BCUT2D eigenvalue weighted by Crippen LogP contribution is -2.25. The number of benzene rings is 2. The molecule has 0 heterocycles. The van der Waals surface area contributed by atoms with Gasteiger partial charge in [0.15, 0.2) is 0 Å². The van der Waals surface area contributed by atoms with E-state index in [-0.39, 0.29) is 11.6 Å². The van der Waals surface area contributed by atoms with Crippen LogP contribution in [0.4, 0.5) is 0 Å². The Morgan fingerprint density at radius 3 is 1.72 bits per heavy atom. The van der Waals surface area contributed by atoms with Gasteiger partial charge >= 0.3 is 0 Å². The number of halogens is 1. The molecule has 0 atom stereocenters. The summed E-state index contributed by atoms with van der Waals surface area (Å²) < 4.78 is 0. The van der Waals surface area contributed by atoms with E-state index in [0.29, 0.717) is 19.3 Å². The normalized spacial score (nSPS) is 11.2. The van der Waals surface area contributed by atoms with E-state index in [1.54, 1.807) is 0 Å². The topological polar surface area (TPSA) is 34.1 Å². The Morgan fingerprint density at radius 2 is 1.28 bits per heavy atom. The Balaban J connectivity index is 2.06. The zero-order chi connectivity index (χ0) is 18.2. The number of carbonyl (C=O) groups excluding carboxylic acids is 2. The van der Waals surface area contributed by atoms with Crippen LogP contribution in [0.25, 0.3) is 12.2 Å². The molecule has 0 aliphatic heterocycles. The largest absolute Gasteiger partial charge is 0.299 e. The van der Waals surface area contributed by atoms with Crippen LogP contribution in [-0.2, 0) is 16.0 Å². The summed E-state index contributed by atoms with van der Waals surface area (Å²) in [7, 11) is 0. The first-order valence-electron chi connectivity index (χ1n) is 8.61. The van der Waals surface area contributed by atoms with Crippen molar-refractivity contribution in [1.29, 1.82) is 0 Å². The van der Waals surface area contributed by atoms with Crippen molar-refractivity contribution in [1.82, 2.24) is 0 Å². The van der Waals surface area contributed by atoms with Gasteiger partial charge in [-0.05, 0) is 35.2 Å². The van der Waals surface area contributed by atoms with Crippen LogP contribution in [0, 0.1) is 5.92 Å². The fraction of sp³-hybridized carbons (Fsp3) is 0.273. The van der Waals surface area contributed by atoms with Crippen molar-refractivity contribution in [2.75, 3.05) is 0 Å². The summed E-state index contributed by atoms with van der Waals surface area (Å²) in [4.78, 5) is 24.1. The van der Waals surface area contributed by atoms with Gasteiger partial charge in [0.25, 0.3) is 0 Å². The predicted molar refractivity (Wildman–Crippen MR) is 105 cm³/mol. The zero-order valence-electron chi connectivity index (χ0n) is 14.7. The van der Waals surface area contributed by atoms with Crippen LogP contribution in [0.3, 0.4) is 0 Å². The lowest BCUT2D eigenvalue weighted by Gasteiger charge is -2.13. The first kappa shape index (κ1) is 19.1. The molecule has 0 fully saturated rings. The van der Waals surface area contributed by atoms with Gasteiger partial charge in [-0.15, -0.1) is 0 Å². The minimum Gasteiger partial charge on any atom is -0.299 e. The van der Waals surface area contributed by atoms with Crippen molar-refractivity contribution in [2.45, 2.75) is 33.1 Å². The minimum atomic E-state index is -0.509. The summed E-state index contributed by atoms with van der Waals surface area (Å²) in [5.74, 6) is -0.456. The Morgan fingerprint density at radius 1 is 0.840 bits per heavy atom. The molecule has 0 amide bonds. The van der Waals surface area contributed by atoms with E-state index in [4.69, 9.17) is 11.6 Å². The van der Waals surface area contributed by atoms with Crippen LogP contribution in [0.2, 0.25) is 5.02 Å². The molecule has 0 spiro atoms. The highest BCUT2D eigenvalue weighted by Crippen LogP contribution is 2.17. The average Bonchev–Trinajstić information content (AvgIpc) is 2.65. The van der Waals surface area contributed by atoms with Gasteiger partial charge in [0.05, 0.1) is 5.92 Å². The lowest BCUT2D eigenvalue weighted by molar-refractivity contribution is -0.132. The minimum absolute atomic E-state index is 0.0264. The van der Waals surface area contributed by atoms with Crippen LogP contribution >= 0.6 is 11.6 Å². The molecule has 2 nitrogen and oxygen atoms in total. The molecule has 0 aromatic heterocycles. The van der Waals surface area contributed by atoms with Crippen LogP contribution in [0.5, 0.6) is 0 Å². The van der Waals surface area contributed by atoms with Crippen molar-refractivity contribution >= 4 is 35.3 Å². The van der Waals surface area contributed by atoms with E-state index in [2.05, 4.69) is 0 Å². The fourth-order valence-electron chi connectivity index (χ4n) is 2.67. The molecule has 0 bridgehead atoms. The molecule has 0 saturated carbocycles. The molecule has 2 aromatic rings. The lowest BCUT2D eigenvalue weighted by atomic mass is 9.89. The standard InChI is InChI=1S/C22H23ClO2/c1-3-21(24)20(22(25)4-2)15-18-9-7-16(8-10-18)5-6-17-11-13-19(23)14-12-17/h5-14,20H,3-4,15H2,1-2H3. The van der Waals surface area contributed by atoms with Crippen LogP contribution < -0.4 is 0 Å². The quantitative estimate of drug-likeness (QED) is 0.455. The molecule has 2 aromatic carbocycles. The highest BCUT2D eigenvalue weighted by molar-refractivity contribution is 6.30. The molecule has 0 radical (unpaired) electrons. The summed E-state index contributed by atoms with van der Waals surface area (Å²) >= 11 is 5.88. The van der Waals surface area contributed by atoms with E-state index in [1.807, 2.05) is 74.5 Å². The van der Waals surface area contributed by atoms with Crippen LogP contribution in [0.15, 0.2) is 48.5 Å². The van der Waals surface area contributed by atoms with Crippen LogP contribution in [0.1, 0.15) is 43.4 Å². The Labute approximate surface area is 154 Å². The molecule has 0 aliphatic carbocycles. The SMILES string of the molecule is CCC(=O)C(Cc1ccc(C=Cc2ccc(Cl)cc2)cc1)C(=O)CC. The van der Waals surface area contributed by atoms with E-state index in [9.17, 15) is 9.59 Å². The Kier molecular flexibility index (Phi) is 7.15. The molecule has 2 rings (SSSR count). The molecule has 0 unspecified atom stereocenters. The van der Waals surface area contributed by atoms with Gasteiger partial charge in [-0.3, -0.25) is 9.59 Å². The molecular formula is C22H23ClO2. The number of ketones is 2. The number of rotatable bonds is 8. The second-order valence-electron chi connectivity index (χ2n) is 6.02. The van der Waals surface area contributed by atoms with Gasteiger partial charge in [0, 0.05) is 17.9 Å². The van der Waals surface area contributed by atoms with E-state index in [0.717, 1.165) is 21.7 Å². The van der Waals surface area contributed by atoms with Gasteiger partial charge in [-0.1, -0.05) is 74.0 Å². The van der Waals surface area contributed by atoms with Gasteiger partial charge < -0.3 is 0 Å². The number of hydrogen-bond acceptors (Lipinski definition) is 2. The number of Topliss-reactive ketones (excluding diaryl/α,β-unsaturated/α-hetero) is 2. The molecule has 0 N–H and O–H groups in total. The summed E-state index contributed by atoms with van der Waals surface area (Å²) in [6.07, 6.45) is 5.34. The third-order valence-corrected chi connectivity index (χ3v) is 4.48. The highest BCUT2D eigenvalue weighted by Gasteiger charge is 2.23. The second kappa shape index (κ2) is 9.33. The van der Waals surface area contributed by atoms with Crippen molar-refractivity contribution in [3.63, 3.8) is 0 Å². The zero-order valence-corrected chi connectivity index (χ0v) is 15.4. The third kappa shape index (κ3) is 5.68. The summed E-state index contributed by atoms with van der Waals surface area (Å²) in [5.41, 5.74) is 3.16. The summed E-state index contributed by atoms with van der Waals surface area (Å²) in [6, 6.07) is 15.6. The van der Waals surface area contributed by atoms with Crippen molar-refractivity contribution in [3.8, 4) is 0 Å². The van der Waals surface area contributed by atoms with Gasteiger partial charge in [0.1, 0.15) is 11.6 Å². The third-order valence-electron chi connectivity index (χ3n) is 4.23. The van der Waals surface area contributed by atoms with Crippen molar-refractivity contribution in [3.05, 3.63) is 70.2 Å². The monoisotopic (exact) mass is 354 g/mol. The maximum Gasteiger partial charge on any atom is 0.143 e. The maximum atomic E-state index is 12.0. The summed E-state index contributed by atoms with van der Waals surface area (Å²) in [5, 5.41) is 0.722. The second-order valence-corrected chi connectivity index (χ2v) is 6.46. The first-order chi connectivity index (χ1) is 12.0. The molecule has 25 heavy (non-hydrogen) atoms. The first-order valence-corrected chi connectivity index (χ1v) is 8.99.